The Morgan fingerprint density at radius 3 is 2.13 bits per heavy atom. The van der Waals surface area contributed by atoms with E-state index in [4.69, 9.17) is 10.2 Å². The van der Waals surface area contributed by atoms with Crippen molar-refractivity contribution in [1.82, 2.24) is 0 Å². The monoisotopic (exact) mass is 259 g/mol. The van der Waals surface area contributed by atoms with Gasteiger partial charge < -0.3 is 17.1 Å². The molecule has 2 N–H and O–H groups in total. The summed E-state index contributed by atoms with van der Waals surface area (Å²) >= 11 is 0. The molecule has 0 atom stereocenters. The minimum atomic E-state index is -1.11. The van der Waals surface area contributed by atoms with Crippen molar-refractivity contribution >= 4 is 5.97 Å². The van der Waals surface area contributed by atoms with Gasteiger partial charge in [0.1, 0.15) is 11.3 Å². The Morgan fingerprint density at radius 2 is 1.87 bits per heavy atom. The van der Waals surface area contributed by atoms with Gasteiger partial charge >= 0.3 is 5.97 Å². The molecule has 0 spiro atoms. The zero-order valence-corrected chi connectivity index (χ0v) is 11.9. The first-order chi connectivity index (χ1) is 6.63. The second-order valence-corrected chi connectivity index (χ2v) is 2.68. The van der Waals surface area contributed by atoms with Gasteiger partial charge in [-0.05, 0) is 12.1 Å². The molecule has 0 fully saturated rings. The number of benzene rings is 1. The summed E-state index contributed by atoms with van der Waals surface area (Å²) in [6.45, 7) is 5.72. The van der Waals surface area contributed by atoms with Gasteiger partial charge in [0, 0.05) is 19.5 Å². The van der Waals surface area contributed by atoms with Gasteiger partial charge in [-0.25, -0.2) is 4.79 Å². The van der Waals surface area contributed by atoms with Gasteiger partial charge in [-0.15, -0.1) is 0 Å². The van der Waals surface area contributed by atoms with E-state index in [-0.39, 0.29) is 30.8 Å². The van der Waals surface area contributed by atoms with Crippen LogP contribution in [0.4, 0.5) is 0 Å². The molecule has 4 heteroatoms. The standard InChI is InChI=1S/C7H6O3.C4H9.Zn/c8-6-4-2-1-3-5(6)7(9)10;1-3-4-2;/h1-4,8H,(H,9,10);1,3-4H2,2H3;/q;-1;. The average molecular weight is 261 g/mol. The Hall–Kier alpha value is -0.887. The summed E-state index contributed by atoms with van der Waals surface area (Å²) in [4.78, 5) is 10.3. The predicted molar refractivity (Wildman–Crippen MR) is 55.3 cm³/mol. The molecule has 0 aliphatic carbocycles. The molecule has 0 aromatic heterocycles. The Kier molecular flexibility index (Phi) is 10.7. The number of rotatable bonds is 2. The summed E-state index contributed by atoms with van der Waals surface area (Å²) in [5.41, 5.74) is -0.0671. The van der Waals surface area contributed by atoms with Crippen LogP contribution in [-0.2, 0) is 19.5 Å². The summed E-state index contributed by atoms with van der Waals surface area (Å²) in [6.07, 6.45) is 2.28. The summed E-state index contributed by atoms with van der Waals surface area (Å²) < 4.78 is 0. The topological polar surface area (TPSA) is 57.5 Å². The maximum atomic E-state index is 10.3. The summed E-state index contributed by atoms with van der Waals surface area (Å²) in [5, 5.41) is 17.3. The number of aromatic carboxylic acids is 1. The Balaban J connectivity index is 0. The van der Waals surface area contributed by atoms with Crippen LogP contribution >= 0.6 is 0 Å². The van der Waals surface area contributed by atoms with Crippen molar-refractivity contribution in [2.45, 2.75) is 19.8 Å². The van der Waals surface area contributed by atoms with Crippen molar-refractivity contribution < 1.29 is 34.5 Å². The van der Waals surface area contributed by atoms with Crippen molar-refractivity contribution in [3.8, 4) is 5.75 Å². The number of phenols is 1. The number of unbranched alkanes of at least 4 members (excludes halogenated alkanes) is 1. The smallest absolute Gasteiger partial charge is 0.339 e. The second-order valence-electron chi connectivity index (χ2n) is 2.68. The Morgan fingerprint density at radius 1 is 1.40 bits per heavy atom. The van der Waals surface area contributed by atoms with E-state index in [0.717, 1.165) is 6.42 Å². The predicted octanol–water partition coefficient (Wildman–Crippen LogP) is 2.71. The molecule has 0 aliphatic heterocycles. The average Bonchev–Trinajstić information content (AvgIpc) is 2.18. The number of aromatic hydroxyl groups is 1. The number of carboxylic acid groups (broad SMARTS) is 1. The molecule has 15 heavy (non-hydrogen) atoms. The molecule has 0 amide bonds. The van der Waals surface area contributed by atoms with Crippen LogP contribution in [0.5, 0.6) is 5.75 Å². The van der Waals surface area contributed by atoms with Crippen molar-refractivity contribution in [3.63, 3.8) is 0 Å². The number of carbonyl (C=O) groups is 1. The van der Waals surface area contributed by atoms with Crippen molar-refractivity contribution in [1.29, 1.82) is 0 Å². The fourth-order valence-electron chi connectivity index (χ4n) is 0.654. The van der Waals surface area contributed by atoms with Crippen LogP contribution < -0.4 is 0 Å². The first-order valence-corrected chi connectivity index (χ1v) is 4.44. The molecule has 0 aliphatic rings. The third-order valence-electron chi connectivity index (χ3n) is 1.49. The summed E-state index contributed by atoms with van der Waals surface area (Å²) in [7, 11) is 0. The number of hydrogen-bond acceptors (Lipinski definition) is 2. The van der Waals surface area contributed by atoms with Crippen molar-refractivity contribution in [2.75, 3.05) is 0 Å². The fraction of sp³-hybridized carbons (Fsp3) is 0.273. The molecule has 1 aromatic rings. The van der Waals surface area contributed by atoms with E-state index in [1.165, 1.54) is 18.6 Å². The van der Waals surface area contributed by atoms with Gasteiger partial charge in [-0.3, -0.25) is 0 Å². The third kappa shape index (κ3) is 7.09. The molecular weight excluding hydrogens is 246 g/mol. The molecule has 0 heterocycles. The maximum Gasteiger partial charge on any atom is 0.339 e. The molecule has 0 bridgehead atoms. The van der Waals surface area contributed by atoms with Gasteiger partial charge in [0.25, 0.3) is 0 Å². The van der Waals surface area contributed by atoms with E-state index in [2.05, 4.69) is 13.8 Å². The number of para-hydroxylation sites is 1. The molecule has 0 radical (unpaired) electrons. The van der Waals surface area contributed by atoms with Crippen LogP contribution in [0, 0.1) is 6.92 Å². The van der Waals surface area contributed by atoms with Gasteiger partial charge in [0.05, 0.1) is 0 Å². The minimum Gasteiger partial charge on any atom is -0.507 e. The van der Waals surface area contributed by atoms with E-state index in [9.17, 15) is 4.79 Å². The normalized spacial score (nSPS) is 8.13. The van der Waals surface area contributed by atoms with Crippen LogP contribution in [0.25, 0.3) is 0 Å². The van der Waals surface area contributed by atoms with Crippen molar-refractivity contribution in [3.05, 3.63) is 36.8 Å². The number of hydrogen-bond donors (Lipinski definition) is 2. The van der Waals surface area contributed by atoms with E-state index in [1.54, 1.807) is 12.1 Å². The van der Waals surface area contributed by atoms with Crippen LogP contribution in [0.1, 0.15) is 30.1 Å². The van der Waals surface area contributed by atoms with Gasteiger partial charge in [-0.2, -0.15) is 6.42 Å². The van der Waals surface area contributed by atoms with E-state index in [0.29, 0.717) is 0 Å². The van der Waals surface area contributed by atoms with Crippen LogP contribution in [0.2, 0.25) is 0 Å². The molecule has 0 unspecified atom stereocenters. The zero-order chi connectivity index (χ0) is 11.0. The van der Waals surface area contributed by atoms with Gasteiger partial charge in [0.2, 0.25) is 0 Å². The minimum absolute atomic E-state index is 0. The molecule has 0 saturated heterocycles. The van der Waals surface area contributed by atoms with Crippen LogP contribution in [0.3, 0.4) is 0 Å². The molecule has 0 saturated carbocycles. The van der Waals surface area contributed by atoms with Gasteiger partial charge in [0.15, 0.2) is 0 Å². The molecule has 1 aromatic carbocycles. The van der Waals surface area contributed by atoms with E-state index < -0.39 is 5.97 Å². The van der Waals surface area contributed by atoms with E-state index >= 15 is 0 Å². The Bertz CT molecular complexity index is 285. The molecule has 1 rings (SSSR count). The van der Waals surface area contributed by atoms with Gasteiger partial charge in [-0.1, -0.05) is 25.5 Å². The van der Waals surface area contributed by atoms with Crippen LogP contribution in [0.15, 0.2) is 24.3 Å². The summed E-state index contributed by atoms with van der Waals surface area (Å²) in [6, 6.07) is 5.81. The van der Waals surface area contributed by atoms with E-state index in [1.807, 2.05) is 0 Å². The first-order valence-electron chi connectivity index (χ1n) is 4.44. The Labute approximate surface area is 103 Å². The number of carboxylic acids is 1. The third-order valence-corrected chi connectivity index (χ3v) is 1.49. The maximum absolute atomic E-state index is 10.3. The fourth-order valence-corrected chi connectivity index (χ4v) is 0.654. The van der Waals surface area contributed by atoms with Crippen molar-refractivity contribution in [2.24, 2.45) is 0 Å². The largest absolute Gasteiger partial charge is 0.507 e. The molecule has 80 valence electrons. The first kappa shape index (κ1) is 16.5. The quantitative estimate of drug-likeness (QED) is 0.635. The molecular formula is C11H15O3Zn-. The molecule has 3 nitrogen and oxygen atoms in total. The summed E-state index contributed by atoms with van der Waals surface area (Å²) in [5.74, 6) is -1.31. The van der Waals surface area contributed by atoms with Crippen LogP contribution in [-0.4, -0.2) is 16.2 Å². The zero-order valence-electron chi connectivity index (χ0n) is 8.94. The second kappa shape index (κ2) is 9.66. The SMILES string of the molecule is O=C(O)c1ccccc1O.[CH2-]CCC.[Zn].